The minimum atomic E-state index is 0.00766. The van der Waals surface area contributed by atoms with E-state index in [-0.39, 0.29) is 11.8 Å². The third kappa shape index (κ3) is 2.49. The molecule has 0 aliphatic heterocycles. The van der Waals surface area contributed by atoms with Crippen LogP contribution in [0.15, 0.2) is 30.3 Å². The van der Waals surface area contributed by atoms with Crippen molar-refractivity contribution in [3.05, 3.63) is 30.3 Å². The van der Waals surface area contributed by atoms with E-state index >= 15 is 0 Å². The number of nitrogens with one attached hydrogen (secondary N) is 1. The molecule has 5 heteroatoms. The average Bonchev–Trinajstić information content (AvgIpc) is 2.95. The molecule has 1 fully saturated rings. The van der Waals surface area contributed by atoms with E-state index in [0.717, 1.165) is 30.2 Å². The van der Waals surface area contributed by atoms with Crippen molar-refractivity contribution >= 4 is 22.6 Å². The molecule has 0 spiro atoms. The van der Waals surface area contributed by atoms with E-state index < -0.39 is 0 Å². The van der Waals surface area contributed by atoms with Crippen LogP contribution in [-0.2, 0) is 4.79 Å². The molecular formula is C15H18N4O. The van der Waals surface area contributed by atoms with Gasteiger partial charge in [-0.3, -0.25) is 4.79 Å². The quantitative estimate of drug-likeness (QED) is 0.893. The highest BCUT2D eigenvalue weighted by atomic mass is 16.2. The van der Waals surface area contributed by atoms with Gasteiger partial charge in [0.25, 0.3) is 0 Å². The maximum absolute atomic E-state index is 12.3. The van der Waals surface area contributed by atoms with Crippen LogP contribution < -0.4 is 11.1 Å². The minimum Gasteiger partial charge on any atom is -0.330 e. The van der Waals surface area contributed by atoms with Crippen molar-refractivity contribution in [3.63, 3.8) is 0 Å². The Kier molecular flexibility index (Phi) is 3.60. The second kappa shape index (κ2) is 5.54. The van der Waals surface area contributed by atoms with Crippen LogP contribution in [-0.4, -0.2) is 22.6 Å². The number of carbonyl (C=O) groups is 1. The number of amides is 1. The highest BCUT2D eigenvalue weighted by Crippen LogP contribution is 2.31. The minimum absolute atomic E-state index is 0.00766. The summed E-state index contributed by atoms with van der Waals surface area (Å²) in [6, 6.07) is 9.57. The zero-order valence-electron chi connectivity index (χ0n) is 11.2. The Balaban J connectivity index is 1.77. The number of benzene rings is 1. The van der Waals surface area contributed by atoms with Gasteiger partial charge < -0.3 is 11.1 Å². The van der Waals surface area contributed by atoms with Crippen LogP contribution in [0, 0.1) is 11.8 Å². The van der Waals surface area contributed by atoms with E-state index in [0.29, 0.717) is 18.3 Å². The number of carbonyl (C=O) groups excluding carboxylic acids is 1. The van der Waals surface area contributed by atoms with Crippen molar-refractivity contribution in [1.29, 1.82) is 0 Å². The molecule has 0 radical (unpaired) electrons. The third-order valence-corrected chi connectivity index (χ3v) is 4.04. The fourth-order valence-corrected chi connectivity index (χ4v) is 2.93. The van der Waals surface area contributed by atoms with E-state index in [1.807, 2.05) is 30.3 Å². The first kappa shape index (κ1) is 13.0. The number of anilines is 1. The summed E-state index contributed by atoms with van der Waals surface area (Å²) in [7, 11) is 0. The van der Waals surface area contributed by atoms with Crippen molar-refractivity contribution in [2.45, 2.75) is 19.3 Å². The van der Waals surface area contributed by atoms with Crippen molar-refractivity contribution in [3.8, 4) is 0 Å². The average molecular weight is 270 g/mol. The molecule has 2 atom stereocenters. The first-order valence-electron chi connectivity index (χ1n) is 7.01. The Morgan fingerprint density at radius 1 is 1.30 bits per heavy atom. The van der Waals surface area contributed by atoms with Crippen LogP contribution in [0.1, 0.15) is 19.3 Å². The normalized spacial score (nSPS) is 22.1. The van der Waals surface area contributed by atoms with Gasteiger partial charge >= 0.3 is 0 Å². The SMILES string of the molecule is NCC1CCCC1C(=O)Nc1cc2ccccc2nn1. The summed E-state index contributed by atoms with van der Waals surface area (Å²) >= 11 is 0. The van der Waals surface area contributed by atoms with Crippen molar-refractivity contribution in [2.24, 2.45) is 17.6 Å². The number of rotatable bonds is 3. The summed E-state index contributed by atoms with van der Waals surface area (Å²) in [5.74, 6) is 0.829. The van der Waals surface area contributed by atoms with Gasteiger partial charge in [-0.2, -0.15) is 0 Å². The number of aromatic nitrogens is 2. The van der Waals surface area contributed by atoms with Crippen molar-refractivity contribution in [1.82, 2.24) is 10.2 Å². The van der Waals surface area contributed by atoms with Gasteiger partial charge in [0.2, 0.25) is 5.91 Å². The highest BCUT2D eigenvalue weighted by molar-refractivity contribution is 5.93. The van der Waals surface area contributed by atoms with E-state index in [1.54, 1.807) is 0 Å². The molecule has 5 nitrogen and oxygen atoms in total. The fraction of sp³-hybridized carbons (Fsp3) is 0.400. The summed E-state index contributed by atoms with van der Waals surface area (Å²) in [6.45, 7) is 0.571. The van der Waals surface area contributed by atoms with Crippen LogP contribution in [0.3, 0.4) is 0 Å². The van der Waals surface area contributed by atoms with Crippen molar-refractivity contribution < 1.29 is 4.79 Å². The van der Waals surface area contributed by atoms with Gasteiger partial charge in [-0.25, -0.2) is 0 Å². The number of hydrogen-bond acceptors (Lipinski definition) is 4. The van der Waals surface area contributed by atoms with Crippen LogP contribution in [0.4, 0.5) is 5.82 Å². The summed E-state index contributed by atoms with van der Waals surface area (Å²) < 4.78 is 0. The lowest BCUT2D eigenvalue weighted by Gasteiger charge is -2.16. The molecule has 1 aliphatic carbocycles. The second-order valence-electron chi connectivity index (χ2n) is 5.31. The maximum atomic E-state index is 12.3. The molecule has 1 aromatic heterocycles. The number of nitrogens with zero attached hydrogens (tertiary/aromatic N) is 2. The van der Waals surface area contributed by atoms with E-state index in [1.165, 1.54) is 0 Å². The largest absolute Gasteiger partial charge is 0.330 e. The molecule has 1 saturated carbocycles. The number of nitrogens with two attached hydrogens (primary N) is 1. The first-order chi connectivity index (χ1) is 9.78. The summed E-state index contributed by atoms with van der Waals surface area (Å²) in [5.41, 5.74) is 6.55. The standard InChI is InChI=1S/C15H18N4O/c16-9-11-5-3-6-12(11)15(20)17-14-8-10-4-1-2-7-13(10)18-19-14/h1-2,4,7-8,11-12H,3,5-6,9,16H2,(H,17,19,20). The van der Waals surface area contributed by atoms with Gasteiger partial charge in [-0.15, -0.1) is 10.2 Å². The zero-order valence-corrected chi connectivity index (χ0v) is 11.2. The van der Waals surface area contributed by atoms with Crippen LogP contribution in [0.25, 0.3) is 10.9 Å². The third-order valence-electron chi connectivity index (χ3n) is 4.04. The van der Waals surface area contributed by atoms with Crippen LogP contribution in [0.5, 0.6) is 0 Å². The molecule has 1 aromatic carbocycles. The molecule has 1 aliphatic rings. The molecule has 0 saturated heterocycles. The van der Waals surface area contributed by atoms with E-state index in [9.17, 15) is 4.79 Å². The van der Waals surface area contributed by atoms with Gasteiger partial charge in [-0.05, 0) is 37.4 Å². The maximum Gasteiger partial charge on any atom is 0.229 e. The zero-order chi connectivity index (χ0) is 13.9. The smallest absolute Gasteiger partial charge is 0.229 e. The van der Waals surface area contributed by atoms with Crippen LogP contribution >= 0.6 is 0 Å². The molecule has 1 amide bonds. The topological polar surface area (TPSA) is 80.9 Å². The Bertz CT molecular complexity index is 628. The van der Waals surface area contributed by atoms with Gasteiger partial charge in [-0.1, -0.05) is 24.6 Å². The van der Waals surface area contributed by atoms with Gasteiger partial charge in [0.15, 0.2) is 5.82 Å². The Hall–Kier alpha value is -2.01. The number of hydrogen-bond donors (Lipinski definition) is 2. The first-order valence-corrected chi connectivity index (χ1v) is 7.01. The molecule has 3 rings (SSSR count). The molecule has 3 N–H and O–H groups in total. The van der Waals surface area contributed by atoms with Crippen molar-refractivity contribution in [2.75, 3.05) is 11.9 Å². The lowest BCUT2D eigenvalue weighted by molar-refractivity contribution is -0.120. The highest BCUT2D eigenvalue weighted by Gasteiger charge is 2.32. The van der Waals surface area contributed by atoms with Crippen LogP contribution in [0.2, 0.25) is 0 Å². The lowest BCUT2D eigenvalue weighted by Crippen LogP contribution is -2.30. The Labute approximate surface area is 117 Å². The molecule has 0 bridgehead atoms. The fourth-order valence-electron chi connectivity index (χ4n) is 2.93. The van der Waals surface area contributed by atoms with Gasteiger partial charge in [0.05, 0.1) is 5.52 Å². The molecule has 2 aromatic rings. The lowest BCUT2D eigenvalue weighted by atomic mass is 9.95. The summed E-state index contributed by atoms with van der Waals surface area (Å²) in [4.78, 5) is 12.3. The van der Waals surface area contributed by atoms with E-state index in [2.05, 4.69) is 15.5 Å². The Morgan fingerprint density at radius 3 is 3.00 bits per heavy atom. The Morgan fingerprint density at radius 2 is 2.15 bits per heavy atom. The second-order valence-corrected chi connectivity index (χ2v) is 5.31. The van der Waals surface area contributed by atoms with Gasteiger partial charge in [0.1, 0.15) is 0 Å². The summed E-state index contributed by atoms with van der Waals surface area (Å²) in [5, 5.41) is 12.0. The monoisotopic (exact) mass is 270 g/mol. The number of fused-ring (bicyclic) bond motifs is 1. The van der Waals surface area contributed by atoms with E-state index in [4.69, 9.17) is 5.73 Å². The summed E-state index contributed by atoms with van der Waals surface area (Å²) in [6.07, 6.45) is 3.02. The van der Waals surface area contributed by atoms with Gasteiger partial charge in [0, 0.05) is 11.3 Å². The molecular weight excluding hydrogens is 252 g/mol. The molecule has 104 valence electrons. The predicted octanol–water partition coefficient (Wildman–Crippen LogP) is 1.94. The predicted molar refractivity (Wildman–Crippen MR) is 78.1 cm³/mol. The molecule has 1 heterocycles. The molecule has 20 heavy (non-hydrogen) atoms. The molecule has 2 unspecified atom stereocenters.